The number of ether oxygens (including phenoxy) is 1. The maximum atomic E-state index is 11.9. The van der Waals surface area contributed by atoms with Crippen molar-refractivity contribution in [2.24, 2.45) is 5.92 Å². The van der Waals surface area contributed by atoms with Crippen molar-refractivity contribution in [3.8, 4) is 0 Å². The van der Waals surface area contributed by atoms with Crippen LogP contribution < -0.4 is 0 Å². The van der Waals surface area contributed by atoms with Crippen molar-refractivity contribution < 1.29 is 12.2 Å². The van der Waals surface area contributed by atoms with Crippen LogP contribution in [0.3, 0.4) is 0 Å². The Kier molecular flexibility index (Phi) is 4.64. The Bertz CT molecular complexity index is 296. The summed E-state index contributed by atoms with van der Waals surface area (Å²) in [6.45, 7) is 8.38. The number of hydrogen-bond acceptors (Lipinski definition) is 3. The molecule has 0 saturated carbocycles. The maximum absolute atomic E-state index is 11.9. The van der Waals surface area contributed by atoms with Crippen LogP contribution in [0.15, 0.2) is 12.0 Å². The molecule has 0 aromatic carbocycles. The second kappa shape index (κ2) is 5.38. The zero-order valence-electron chi connectivity index (χ0n) is 10.3. The monoisotopic (exact) mass is 417 g/mol. The molecular formula is C11H18NO3Tl. The molecule has 1 amide bonds. The van der Waals surface area contributed by atoms with Gasteiger partial charge in [0.1, 0.15) is 0 Å². The van der Waals surface area contributed by atoms with Crippen molar-refractivity contribution in [1.29, 1.82) is 0 Å². The van der Waals surface area contributed by atoms with Gasteiger partial charge in [0.25, 0.3) is 0 Å². The minimum atomic E-state index is -0.462. The fraction of sp³-hybridized carbons (Fsp3) is 0.727. The molecule has 1 atom stereocenters. The first-order chi connectivity index (χ1) is 7.33. The number of carbonyl (C=O) groups is 1. The van der Waals surface area contributed by atoms with Gasteiger partial charge < -0.3 is 0 Å². The third-order valence-corrected chi connectivity index (χ3v) is 3.13. The van der Waals surface area contributed by atoms with Gasteiger partial charge in [-0.15, -0.1) is 0 Å². The molecular weight excluding hydrogens is 399 g/mol. The predicted molar refractivity (Wildman–Crippen MR) is 61.6 cm³/mol. The zero-order chi connectivity index (χ0) is 12.3. The van der Waals surface area contributed by atoms with Crippen LogP contribution in [0.2, 0.25) is 0 Å². The van der Waals surface area contributed by atoms with Crippen LogP contribution in [0.5, 0.6) is 0 Å². The van der Waals surface area contributed by atoms with E-state index in [0.29, 0.717) is 44.6 Å². The molecule has 0 saturated heterocycles. The summed E-state index contributed by atoms with van der Waals surface area (Å²) in [4.78, 5) is 13.5. The summed E-state index contributed by atoms with van der Waals surface area (Å²) in [6, 6.07) is 0. The van der Waals surface area contributed by atoms with Gasteiger partial charge in [-0.25, -0.2) is 0 Å². The fourth-order valence-electron chi connectivity index (χ4n) is 1.48. The summed E-state index contributed by atoms with van der Waals surface area (Å²) in [6.07, 6.45) is 2.62. The third kappa shape index (κ3) is 3.95. The number of nitrogens with zero attached hydrogens (tertiary/aromatic N) is 1. The fourth-order valence-corrected chi connectivity index (χ4v) is 2.35. The van der Waals surface area contributed by atoms with E-state index in [1.165, 1.54) is 0 Å². The number of rotatable bonds is 1. The van der Waals surface area contributed by atoms with E-state index in [1.54, 1.807) is 4.90 Å². The van der Waals surface area contributed by atoms with Crippen LogP contribution in [0.25, 0.3) is 0 Å². The first-order valence-electron chi connectivity index (χ1n) is 5.41. The molecule has 0 aromatic heterocycles. The quantitative estimate of drug-likeness (QED) is 0.615. The van der Waals surface area contributed by atoms with E-state index in [4.69, 9.17) is 7.42 Å². The molecule has 1 heterocycles. The van der Waals surface area contributed by atoms with Crippen molar-refractivity contribution in [2.75, 3.05) is 6.54 Å². The molecule has 1 aliphatic heterocycles. The first kappa shape index (κ1) is 13.8. The SMILES string of the molecule is C[C@H]1CC=C([O][Tl])N(C(=O)OC(C)(C)C)C1. The van der Waals surface area contributed by atoms with Crippen LogP contribution in [-0.2, 0) is 7.42 Å². The standard InChI is InChI=1S/C11H19NO3.Tl/c1-8-5-6-9(13)12(7-8)10(14)15-11(2,3)4;/h6,8,13H,5,7H2,1-4H3;/q;+1/p-1/t8-;/m0./s1. The Morgan fingerprint density at radius 1 is 1.56 bits per heavy atom. The molecule has 1 aliphatic rings. The van der Waals surface area contributed by atoms with Crippen molar-refractivity contribution in [1.82, 2.24) is 4.90 Å². The predicted octanol–water partition coefficient (Wildman–Crippen LogP) is 2.20. The Hall–Kier alpha value is -0.268. The molecule has 16 heavy (non-hydrogen) atoms. The van der Waals surface area contributed by atoms with Gasteiger partial charge in [0, 0.05) is 0 Å². The van der Waals surface area contributed by atoms with E-state index in [2.05, 4.69) is 6.92 Å². The normalized spacial score (nSPS) is 21.3. The second-order valence-corrected chi connectivity index (χ2v) is 6.01. The minimum absolute atomic E-state index is 0.314. The molecule has 5 heteroatoms. The Morgan fingerprint density at radius 3 is 2.69 bits per heavy atom. The Morgan fingerprint density at radius 2 is 2.19 bits per heavy atom. The Labute approximate surface area is 113 Å². The summed E-state index contributed by atoms with van der Waals surface area (Å²) in [5.41, 5.74) is -0.462. The van der Waals surface area contributed by atoms with Crippen LogP contribution in [0.4, 0.5) is 4.79 Å². The third-order valence-electron chi connectivity index (χ3n) is 2.19. The summed E-state index contributed by atoms with van der Waals surface area (Å²) in [7, 11) is 0. The topological polar surface area (TPSA) is 38.8 Å². The molecule has 4 nitrogen and oxygen atoms in total. The van der Waals surface area contributed by atoms with Crippen LogP contribution in [-0.4, -0.2) is 49.4 Å². The van der Waals surface area contributed by atoms with Gasteiger partial charge in [0.2, 0.25) is 0 Å². The molecule has 0 bridgehead atoms. The van der Waals surface area contributed by atoms with Gasteiger partial charge in [-0.2, -0.15) is 0 Å². The van der Waals surface area contributed by atoms with Crippen molar-refractivity contribution in [3.63, 3.8) is 0 Å². The number of hydrogen-bond donors (Lipinski definition) is 0. The molecule has 0 unspecified atom stereocenters. The average molecular weight is 417 g/mol. The number of carbonyl (C=O) groups excluding carboxylic acids is 1. The molecule has 88 valence electrons. The second-order valence-electron chi connectivity index (χ2n) is 5.09. The van der Waals surface area contributed by atoms with E-state index in [9.17, 15) is 4.79 Å². The van der Waals surface area contributed by atoms with Gasteiger partial charge >= 0.3 is 114 Å². The van der Waals surface area contributed by atoms with E-state index in [-0.39, 0.29) is 6.09 Å². The summed E-state index contributed by atoms with van der Waals surface area (Å²) in [5, 5.41) is 0. The van der Waals surface area contributed by atoms with Gasteiger partial charge in [-0.3, -0.25) is 0 Å². The molecule has 0 spiro atoms. The number of amides is 1. The molecule has 0 radical (unpaired) electrons. The average Bonchev–Trinajstić information content (AvgIpc) is 2.15. The van der Waals surface area contributed by atoms with Crippen molar-refractivity contribution >= 4 is 32.3 Å². The van der Waals surface area contributed by atoms with Crippen LogP contribution in [0.1, 0.15) is 34.1 Å². The first-order valence-corrected chi connectivity index (χ1v) is 7.24. The van der Waals surface area contributed by atoms with Gasteiger partial charge in [-0.1, -0.05) is 0 Å². The number of allylic oxidation sites excluding steroid dienone is 1. The van der Waals surface area contributed by atoms with Crippen LogP contribution >= 0.6 is 0 Å². The van der Waals surface area contributed by atoms with E-state index >= 15 is 0 Å². The summed E-state index contributed by atoms with van der Waals surface area (Å²) in [5.74, 6) is 1.12. The van der Waals surface area contributed by atoms with Gasteiger partial charge in [0.05, 0.1) is 0 Å². The molecule has 0 aliphatic carbocycles. The van der Waals surface area contributed by atoms with Gasteiger partial charge in [-0.05, 0) is 0 Å². The van der Waals surface area contributed by atoms with Crippen LogP contribution in [0, 0.1) is 5.92 Å². The Balaban J connectivity index is 2.73. The van der Waals surface area contributed by atoms with Crippen molar-refractivity contribution in [2.45, 2.75) is 39.7 Å². The zero-order valence-corrected chi connectivity index (χ0v) is 14.8. The molecule has 0 N–H and O–H groups in total. The van der Waals surface area contributed by atoms with Gasteiger partial charge in [0.15, 0.2) is 0 Å². The molecule has 0 aromatic rings. The molecule has 1 rings (SSSR count). The van der Waals surface area contributed by atoms with Crippen molar-refractivity contribution in [3.05, 3.63) is 12.0 Å². The van der Waals surface area contributed by atoms with E-state index in [1.807, 2.05) is 26.8 Å². The van der Waals surface area contributed by atoms with E-state index < -0.39 is 5.60 Å². The summed E-state index contributed by atoms with van der Waals surface area (Å²) < 4.78 is 10.7. The molecule has 0 fully saturated rings. The van der Waals surface area contributed by atoms with E-state index in [0.717, 1.165) is 6.42 Å². The summed E-state index contributed by atoms with van der Waals surface area (Å²) >= 11 is 0.384.